The lowest BCUT2D eigenvalue weighted by Crippen LogP contribution is -2.49. The zero-order chi connectivity index (χ0) is 25.6. The Labute approximate surface area is 212 Å². The topological polar surface area (TPSA) is 34.6 Å². The maximum Gasteiger partial charge on any atom is 0.0863 e. The van der Waals surface area contributed by atoms with Crippen molar-refractivity contribution in [2.45, 2.75) is 44.2 Å². The lowest BCUT2D eigenvalue weighted by atomic mass is 9.90. The molecule has 1 aliphatic rings. The number of allylic oxidation sites excluding steroid dienone is 1. The molecule has 1 aliphatic carbocycles. The first-order chi connectivity index (χ1) is 16.7. The standard InChI is InChI=1S/C30H43N5/c1-9-11-12-23(3)15-16-35(22-33(6)7)21-28-14-13-25-17-26-19-30(24(4)31-5,34(8)10-2)20-27(26)18-29(25)32-28/h9-10,13-14,17-18,31H,1-4,11-12,15-16,19-22H2,5-8H3. The van der Waals surface area contributed by atoms with Crippen LogP contribution in [0.25, 0.3) is 10.9 Å². The highest BCUT2D eigenvalue weighted by Gasteiger charge is 2.42. The molecule has 35 heavy (non-hydrogen) atoms. The summed E-state index contributed by atoms with van der Waals surface area (Å²) in [4.78, 5) is 11.9. The average Bonchev–Trinajstić information content (AvgIpc) is 3.22. The summed E-state index contributed by atoms with van der Waals surface area (Å²) in [6.45, 7) is 19.1. The lowest BCUT2D eigenvalue weighted by molar-refractivity contribution is 0.168. The Morgan fingerprint density at radius 3 is 2.43 bits per heavy atom. The lowest BCUT2D eigenvalue weighted by Gasteiger charge is -2.39. The van der Waals surface area contributed by atoms with Crippen LogP contribution in [-0.4, -0.2) is 66.6 Å². The summed E-state index contributed by atoms with van der Waals surface area (Å²) < 4.78 is 0. The molecule has 0 bridgehead atoms. The predicted molar refractivity (Wildman–Crippen MR) is 150 cm³/mol. The van der Waals surface area contributed by atoms with Gasteiger partial charge in [-0.3, -0.25) is 14.8 Å². The van der Waals surface area contributed by atoms with Gasteiger partial charge in [0.2, 0.25) is 0 Å². The van der Waals surface area contributed by atoms with Gasteiger partial charge in [-0.1, -0.05) is 37.5 Å². The molecule has 3 rings (SSSR count). The highest BCUT2D eigenvalue weighted by molar-refractivity contribution is 5.81. The number of hydrogen-bond acceptors (Lipinski definition) is 5. The van der Waals surface area contributed by atoms with Crippen molar-refractivity contribution in [2.75, 3.05) is 41.4 Å². The summed E-state index contributed by atoms with van der Waals surface area (Å²) in [6, 6.07) is 8.99. The molecule has 0 saturated heterocycles. The number of aromatic nitrogens is 1. The minimum Gasteiger partial charge on any atom is -0.390 e. The van der Waals surface area contributed by atoms with Crippen LogP contribution in [0.1, 0.15) is 36.1 Å². The first-order valence-electron chi connectivity index (χ1n) is 12.5. The normalized spacial score (nSPS) is 17.0. The molecule has 0 aliphatic heterocycles. The van der Waals surface area contributed by atoms with Crippen LogP contribution in [-0.2, 0) is 19.4 Å². The number of pyridine rings is 1. The number of likely N-dealkylation sites (N-methyl/N-ethyl adjacent to an activating group) is 2. The summed E-state index contributed by atoms with van der Waals surface area (Å²) in [5, 5.41) is 4.49. The van der Waals surface area contributed by atoms with E-state index >= 15 is 0 Å². The van der Waals surface area contributed by atoms with Crippen LogP contribution in [0.15, 0.2) is 74.1 Å². The summed E-state index contributed by atoms with van der Waals surface area (Å²) in [7, 11) is 8.26. The van der Waals surface area contributed by atoms with Crippen molar-refractivity contribution in [3.63, 3.8) is 0 Å². The zero-order valence-corrected chi connectivity index (χ0v) is 22.2. The van der Waals surface area contributed by atoms with E-state index in [1.165, 1.54) is 22.1 Å². The van der Waals surface area contributed by atoms with E-state index in [1.807, 2.05) is 19.3 Å². The van der Waals surface area contributed by atoms with Crippen LogP contribution in [0.2, 0.25) is 0 Å². The molecule has 1 aromatic heterocycles. The van der Waals surface area contributed by atoms with Crippen molar-refractivity contribution in [3.05, 3.63) is 90.9 Å². The van der Waals surface area contributed by atoms with Crippen molar-refractivity contribution in [2.24, 2.45) is 0 Å². The molecular weight excluding hydrogens is 430 g/mol. The molecule has 0 spiro atoms. The van der Waals surface area contributed by atoms with Gasteiger partial charge in [0.25, 0.3) is 0 Å². The number of nitrogens with zero attached hydrogens (tertiary/aromatic N) is 4. The van der Waals surface area contributed by atoms with Crippen molar-refractivity contribution in [1.82, 2.24) is 25.0 Å². The van der Waals surface area contributed by atoms with E-state index in [1.54, 1.807) is 0 Å². The minimum absolute atomic E-state index is 0.199. The SMILES string of the molecule is C=CCCC(=C)CCN(Cc1ccc2cc3c(cc2n1)CC(C(=C)NC)(N(C)C=C)C3)CN(C)C. The second-order valence-corrected chi connectivity index (χ2v) is 10.1. The average molecular weight is 474 g/mol. The van der Waals surface area contributed by atoms with Gasteiger partial charge in [-0.2, -0.15) is 0 Å². The number of rotatable bonds is 14. The summed E-state index contributed by atoms with van der Waals surface area (Å²) in [5.41, 5.74) is 6.97. The van der Waals surface area contributed by atoms with Gasteiger partial charge < -0.3 is 10.2 Å². The fourth-order valence-electron chi connectivity index (χ4n) is 5.07. The molecule has 5 nitrogen and oxygen atoms in total. The Balaban J connectivity index is 1.81. The monoisotopic (exact) mass is 473 g/mol. The van der Waals surface area contributed by atoms with Gasteiger partial charge in [0.05, 0.1) is 23.4 Å². The van der Waals surface area contributed by atoms with Crippen LogP contribution in [0.3, 0.4) is 0 Å². The molecule has 1 heterocycles. The molecular formula is C30H43N5. The first kappa shape index (κ1) is 26.7. The van der Waals surface area contributed by atoms with Gasteiger partial charge in [-0.05, 0) is 68.9 Å². The van der Waals surface area contributed by atoms with Gasteiger partial charge in [0, 0.05) is 51.1 Å². The van der Waals surface area contributed by atoms with Crippen LogP contribution >= 0.6 is 0 Å². The smallest absolute Gasteiger partial charge is 0.0863 e. The van der Waals surface area contributed by atoms with E-state index < -0.39 is 0 Å². The summed E-state index contributed by atoms with van der Waals surface area (Å²) in [6.07, 6.45) is 8.68. The molecule has 188 valence electrons. The van der Waals surface area contributed by atoms with Crippen LogP contribution < -0.4 is 5.32 Å². The maximum atomic E-state index is 5.09. The molecule has 1 atom stereocenters. The van der Waals surface area contributed by atoms with Crippen molar-refractivity contribution in [3.8, 4) is 0 Å². The van der Waals surface area contributed by atoms with Gasteiger partial charge in [-0.25, -0.2) is 0 Å². The number of nitrogens with one attached hydrogen (secondary N) is 1. The van der Waals surface area contributed by atoms with E-state index in [2.05, 4.69) is 91.7 Å². The number of hydrogen-bond donors (Lipinski definition) is 1. The molecule has 0 amide bonds. The molecule has 1 aromatic carbocycles. The van der Waals surface area contributed by atoms with Crippen molar-refractivity contribution in [1.29, 1.82) is 0 Å². The van der Waals surface area contributed by atoms with E-state index in [0.29, 0.717) is 0 Å². The molecule has 0 saturated carbocycles. The second-order valence-electron chi connectivity index (χ2n) is 10.1. The Hall–Kier alpha value is -2.89. The van der Waals surface area contributed by atoms with Gasteiger partial charge in [-0.15, -0.1) is 6.58 Å². The van der Waals surface area contributed by atoms with Crippen molar-refractivity contribution < 1.29 is 0 Å². The third-order valence-corrected chi connectivity index (χ3v) is 7.20. The third-order valence-electron chi connectivity index (χ3n) is 7.20. The zero-order valence-electron chi connectivity index (χ0n) is 22.2. The summed E-state index contributed by atoms with van der Waals surface area (Å²) >= 11 is 0. The maximum absolute atomic E-state index is 5.09. The Bertz CT molecular complexity index is 1090. The van der Waals surface area contributed by atoms with Gasteiger partial charge >= 0.3 is 0 Å². The fourth-order valence-corrected chi connectivity index (χ4v) is 5.07. The van der Waals surface area contributed by atoms with E-state index in [9.17, 15) is 0 Å². The minimum atomic E-state index is -0.199. The second kappa shape index (κ2) is 11.7. The summed E-state index contributed by atoms with van der Waals surface area (Å²) in [5.74, 6) is 0. The van der Waals surface area contributed by atoms with E-state index in [0.717, 1.165) is 68.8 Å². The van der Waals surface area contributed by atoms with Crippen LogP contribution in [0, 0.1) is 0 Å². The van der Waals surface area contributed by atoms with E-state index in [4.69, 9.17) is 4.98 Å². The molecule has 1 N–H and O–H groups in total. The molecule has 1 unspecified atom stereocenters. The van der Waals surface area contributed by atoms with Crippen LogP contribution in [0.4, 0.5) is 0 Å². The molecule has 0 fully saturated rings. The molecule has 0 radical (unpaired) electrons. The Kier molecular flexibility index (Phi) is 8.92. The van der Waals surface area contributed by atoms with Gasteiger partial charge in [0.1, 0.15) is 0 Å². The highest BCUT2D eigenvalue weighted by atomic mass is 15.3. The first-order valence-corrected chi connectivity index (χ1v) is 12.5. The van der Waals surface area contributed by atoms with Crippen LogP contribution in [0.5, 0.6) is 0 Å². The Morgan fingerprint density at radius 1 is 1.09 bits per heavy atom. The third kappa shape index (κ3) is 6.22. The number of fused-ring (bicyclic) bond motifs is 2. The quantitative estimate of drug-likeness (QED) is 0.305. The Morgan fingerprint density at radius 2 is 1.80 bits per heavy atom. The fraction of sp³-hybridized carbons (Fsp3) is 0.433. The van der Waals surface area contributed by atoms with E-state index in [-0.39, 0.29) is 5.54 Å². The predicted octanol–water partition coefficient (Wildman–Crippen LogP) is 5.11. The highest BCUT2D eigenvalue weighted by Crippen LogP contribution is 2.39. The van der Waals surface area contributed by atoms with Gasteiger partial charge in [0.15, 0.2) is 0 Å². The number of benzene rings is 1. The molecule has 2 aromatic rings. The largest absolute Gasteiger partial charge is 0.390 e. The van der Waals surface area contributed by atoms with Crippen molar-refractivity contribution >= 4 is 10.9 Å². The molecule has 5 heteroatoms.